The zero-order valence-electron chi connectivity index (χ0n) is 9.17. The van der Waals surface area contributed by atoms with Crippen molar-refractivity contribution >= 4 is 0 Å². The van der Waals surface area contributed by atoms with Crippen LogP contribution in [0.15, 0.2) is 0 Å². The second-order valence-electron chi connectivity index (χ2n) is 5.10. The second-order valence-corrected chi connectivity index (χ2v) is 5.10. The van der Waals surface area contributed by atoms with Crippen molar-refractivity contribution in [1.29, 1.82) is 0 Å². The van der Waals surface area contributed by atoms with Crippen LogP contribution >= 0.6 is 0 Å². The maximum Gasteiger partial charge on any atom is 0.00792 e. The van der Waals surface area contributed by atoms with Gasteiger partial charge in [-0.3, -0.25) is 0 Å². The predicted octanol–water partition coefficient (Wildman–Crippen LogP) is 2.04. The van der Waals surface area contributed by atoms with Gasteiger partial charge in [0.2, 0.25) is 0 Å². The van der Waals surface area contributed by atoms with Crippen LogP contribution in [-0.4, -0.2) is 18.6 Å². The summed E-state index contributed by atoms with van der Waals surface area (Å²) < 4.78 is 0. The van der Waals surface area contributed by atoms with Gasteiger partial charge in [0.1, 0.15) is 0 Å². The van der Waals surface area contributed by atoms with E-state index in [0.29, 0.717) is 6.04 Å². The molecule has 0 aromatic carbocycles. The van der Waals surface area contributed by atoms with E-state index >= 15 is 0 Å². The molecule has 2 heteroatoms. The largest absolute Gasteiger partial charge is 0.327 e. The Morgan fingerprint density at radius 1 is 0.929 bits per heavy atom. The van der Waals surface area contributed by atoms with Gasteiger partial charge in [0.25, 0.3) is 0 Å². The summed E-state index contributed by atoms with van der Waals surface area (Å²) in [6.07, 6.45) is 11.0. The standard InChI is InChI=1S/C12H24N2/c13-12-8-4-5-10(12)9-14-11-6-2-1-3-7-11/h10-12,14H,1-9,13H2. The topological polar surface area (TPSA) is 38.0 Å². The molecule has 0 radical (unpaired) electrons. The molecule has 2 fully saturated rings. The highest BCUT2D eigenvalue weighted by molar-refractivity contribution is 4.83. The molecule has 0 aliphatic heterocycles. The van der Waals surface area contributed by atoms with Gasteiger partial charge in [0.15, 0.2) is 0 Å². The van der Waals surface area contributed by atoms with Crippen LogP contribution in [-0.2, 0) is 0 Å². The number of nitrogens with one attached hydrogen (secondary N) is 1. The fraction of sp³-hybridized carbons (Fsp3) is 1.00. The molecule has 2 aliphatic rings. The summed E-state index contributed by atoms with van der Waals surface area (Å²) in [6.45, 7) is 1.17. The molecule has 0 saturated heterocycles. The van der Waals surface area contributed by atoms with E-state index in [4.69, 9.17) is 5.73 Å². The van der Waals surface area contributed by atoms with Gasteiger partial charge in [-0.05, 0) is 38.1 Å². The fourth-order valence-electron chi connectivity index (χ4n) is 2.94. The maximum absolute atomic E-state index is 6.05. The van der Waals surface area contributed by atoms with Crippen molar-refractivity contribution in [3.8, 4) is 0 Å². The average Bonchev–Trinajstić information content (AvgIpc) is 2.63. The van der Waals surface area contributed by atoms with Crippen molar-refractivity contribution in [1.82, 2.24) is 5.32 Å². The van der Waals surface area contributed by atoms with Crippen LogP contribution < -0.4 is 11.1 Å². The van der Waals surface area contributed by atoms with Crippen LogP contribution in [0.3, 0.4) is 0 Å². The summed E-state index contributed by atoms with van der Waals surface area (Å²) in [5.41, 5.74) is 6.05. The smallest absolute Gasteiger partial charge is 0.00792 e. The van der Waals surface area contributed by atoms with E-state index < -0.39 is 0 Å². The molecular formula is C12H24N2. The number of hydrogen-bond acceptors (Lipinski definition) is 2. The summed E-state index contributed by atoms with van der Waals surface area (Å²) in [6, 6.07) is 1.28. The number of nitrogens with two attached hydrogens (primary N) is 1. The Morgan fingerprint density at radius 2 is 1.71 bits per heavy atom. The van der Waals surface area contributed by atoms with Crippen LogP contribution in [0.25, 0.3) is 0 Å². The third-order valence-corrected chi connectivity index (χ3v) is 3.99. The highest BCUT2D eigenvalue weighted by atomic mass is 14.9. The minimum atomic E-state index is 0.478. The Bertz CT molecular complexity index is 164. The highest BCUT2D eigenvalue weighted by Gasteiger charge is 2.24. The summed E-state index contributed by atoms with van der Waals surface area (Å²) in [5.74, 6) is 0.761. The molecule has 0 aromatic rings. The van der Waals surface area contributed by atoms with Crippen LogP contribution in [0.2, 0.25) is 0 Å². The molecule has 14 heavy (non-hydrogen) atoms. The lowest BCUT2D eigenvalue weighted by atomic mass is 9.94. The van der Waals surface area contributed by atoms with E-state index in [-0.39, 0.29) is 0 Å². The highest BCUT2D eigenvalue weighted by Crippen LogP contribution is 2.24. The van der Waals surface area contributed by atoms with E-state index in [0.717, 1.165) is 12.0 Å². The molecule has 2 saturated carbocycles. The minimum Gasteiger partial charge on any atom is -0.327 e. The summed E-state index contributed by atoms with van der Waals surface area (Å²) in [7, 11) is 0. The molecule has 0 bridgehead atoms. The number of hydrogen-bond donors (Lipinski definition) is 2. The third kappa shape index (κ3) is 2.71. The van der Waals surface area contributed by atoms with Crippen LogP contribution in [0.4, 0.5) is 0 Å². The predicted molar refractivity (Wildman–Crippen MR) is 60.2 cm³/mol. The van der Waals surface area contributed by atoms with Crippen molar-refractivity contribution in [3.63, 3.8) is 0 Å². The summed E-state index contributed by atoms with van der Waals surface area (Å²) in [5, 5.41) is 3.71. The molecule has 0 amide bonds. The van der Waals surface area contributed by atoms with Gasteiger partial charge in [0, 0.05) is 12.1 Å². The lowest BCUT2D eigenvalue weighted by Gasteiger charge is -2.25. The SMILES string of the molecule is NC1CCCC1CNC1CCCCC1. The van der Waals surface area contributed by atoms with Crippen LogP contribution in [0.5, 0.6) is 0 Å². The van der Waals surface area contributed by atoms with E-state index in [1.165, 1.54) is 57.9 Å². The Kier molecular flexibility index (Phi) is 3.82. The van der Waals surface area contributed by atoms with Gasteiger partial charge in [-0.25, -0.2) is 0 Å². The molecule has 2 rings (SSSR count). The first-order valence-corrected chi connectivity index (χ1v) is 6.35. The second kappa shape index (κ2) is 5.13. The molecule has 2 nitrogen and oxygen atoms in total. The maximum atomic E-state index is 6.05. The van der Waals surface area contributed by atoms with Crippen molar-refractivity contribution in [2.75, 3.05) is 6.54 Å². The zero-order valence-corrected chi connectivity index (χ0v) is 9.17. The van der Waals surface area contributed by atoms with Crippen molar-refractivity contribution in [2.24, 2.45) is 11.7 Å². The Hall–Kier alpha value is -0.0800. The molecule has 0 aromatic heterocycles. The average molecular weight is 196 g/mol. The summed E-state index contributed by atoms with van der Waals surface area (Å²) in [4.78, 5) is 0. The Labute approximate surface area is 87.6 Å². The Morgan fingerprint density at radius 3 is 2.36 bits per heavy atom. The molecular weight excluding hydrogens is 172 g/mol. The lowest BCUT2D eigenvalue weighted by molar-refractivity contribution is 0.337. The number of rotatable bonds is 3. The van der Waals surface area contributed by atoms with Crippen molar-refractivity contribution in [3.05, 3.63) is 0 Å². The molecule has 2 unspecified atom stereocenters. The summed E-state index contributed by atoms with van der Waals surface area (Å²) >= 11 is 0. The first-order valence-electron chi connectivity index (χ1n) is 6.35. The van der Waals surface area contributed by atoms with Crippen LogP contribution in [0.1, 0.15) is 51.4 Å². The zero-order chi connectivity index (χ0) is 9.80. The van der Waals surface area contributed by atoms with E-state index in [9.17, 15) is 0 Å². The van der Waals surface area contributed by atoms with Crippen molar-refractivity contribution in [2.45, 2.75) is 63.5 Å². The van der Waals surface area contributed by atoms with E-state index in [2.05, 4.69) is 5.32 Å². The monoisotopic (exact) mass is 196 g/mol. The van der Waals surface area contributed by atoms with Crippen molar-refractivity contribution < 1.29 is 0 Å². The van der Waals surface area contributed by atoms with Gasteiger partial charge < -0.3 is 11.1 Å². The third-order valence-electron chi connectivity index (χ3n) is 3.99. The lowest BCUT2D eigenvalue weighted by Crippen LogP contribution is -2.39. The van der Waals surface area contributed by atoms with Gasteiger partial charge >= 0.3 is 0 Å². The Balaban J connectivity index is 1.65. The van der Waals surface area contributed by atoms with Gasteiger partial charge in [-0.15, -0.1) is 0 Å². The quantitative estimate of drug-likeness (QED) is 0.725. The van der Waals surface area contributed by atoms with Gasteiger partial charge in [-0.2, -0.15) is 0 Å². The molecule has 3 N–H and O–H groups in total. The first kappa shape index (κ1) is 10.4. The van der Waals surface area contributed by atoms with Crippen LogP contribution in [0, 0.1) is 5.92 Å². The van der Waals surface area contributed by atoms with E-state index in [1.807, 2.05) is 0 Å². The molecule has 2 atom stereocenters. The molecule has 0 heterocycles. The van der Waals surface area contributed by atoms with E-state index in [1.54, 1.807) is 0 Å². The minimum absolute atomic E-state index is 0.478. The molecule has 2 aliphatic carbocycles. The van der Waals surface area contributed by atoms with Gasteiger partial charge in [0.05, 0.1) is 0 Å². The normalized spacial score (nSPS) is 34.9. The first-order chi connectivity index (χ1) is 6.86. The molecule has 0 spiro atoms. The van der Waals surface area contributed by atoms with Gasteiger partial charge in [-0.1, -0.05) is 25.7 Å². The molecule has 82 valence electrons. The fourth-order valence-corrected chi connectivity index (χ4v) is 2.94.